The van der Waals surface area contributed by atoms with Gasteiger partial charge in [-0.25, -0.2) is 4.79 Å². The van der Waals surface area contributed by atoms with Gasteiger partial charge in [0, 0.05) is 11.8 Å². The van der Waals surface area contributed by atoms with Crippen LogP contribution in [0.2, 0.25) is 0 Å². The Labute approximate surface area is 107 Å². The van der Waals surface area contributed by atoms with Gasteiger partial charge in [-0.15, -0.1) is 0 Å². The molecule has 5 nitrogen and oxygen atoms in total. The molecular formula is C12H15N2O3S+. The third-order valence-electron chi connectivity index (χ3n) is 2.73. The van der Waals surface area contributed by atoms with E-state index in [0.717, 1.165) is 10.5 Å². The molecule has 0 amide bonds. The molecule has 0 bridgehead atoms. The van der Waals surface area contributed by atoms with Gasteiger partial charge in [0.15, 0.2) is 6.54 Å². The van der Waals surface area contributed by atoms with Crippen LogP contribution in [0.4, 0.5) is 0 Å². The lowest BCUT2D eigenvalue weighted by Crippen LogP contribution is -2.41. The summed E-state index contributed by atoms with van der Waals surface area (Å²) in [6.07, 6.45) is 0. The van der Waals surface area contributed by atoms with Gasteiger partial charge in [0.2, 0.25) is 0 Å². The second-order valence-electron chi connectivity index (χ2n) is 4.08. The van der Waals surface area contributed by atoms with Crippen LogP contribution >= 0.6 is 0 Å². The van der Waals surface area contributed by atoms with Gasteiger partial charge in [-0.3, -0.25) is 8.73 Å². The highest BCUT2D eigenvalue weighted by Gasteiger charge is 2.16. The van der Waals surface area contributed by atoms with E-state index in [4.69, 9.17) is 0 Å². The number of nitrogens with zero attached hydrogens (tertiary/aromatic N) is 1. The maximum Gasteiger partial charge on any atom is 0.429 e. The van der Waals surface area contributed by atoms with Gasteiger partial charge in [0.05, 0.1) is 16.6 Å². The molecule has 0 fully saturated rings. The normalized spacial score (nSPS) is 12.6. The maximum absolute atomic E-state index is 12.0. The van der Waals surface area contributed by atoms with Crippen molar-refractivity contribution in [3.8, 4) is 0 Å². The van der Waals surface area contributed by atoms with Gasteiger partial charge in [-0.1, -0.05) is 22.4 Å². The molecule has 0 saturated carbocycles. The van der Waals surface area contributed by atoms with Gasteiger partial charge >= 0.3 is 5.63 Å². The molecule has 1 N–H and O–H groups in total. The van der Waals surface area contributed by atoms with E-state index in [1.165, 1.54) is 0 Å². The maximum atomic E-state index is 12.0. The molecule has 0 saturated heterocycles. The van der Waals surface area contributed by atoms with Gasteiger partial charge in [0.25, 0.3) is 5.69 Å². The van der Waals surface area contributed by atoms with Crippen LogP contribution in [0.5, 0.6) is 0 Å². The summed E-state index contributed by atoms with van der Waals surface area (Å²) in [5.41, 5.74) is 1.23. The van der Waals surface area contributed by atoms with Crippen LogP contribution in [0.3, 0.4) is 0 Å². The number of nitrogens with one attached hydrogen (secondary N) is 1. The van der Waals surface area contributed by atoms with Crippen molar-refractivity contribution >= 4 is 10.8 Å². The minimum atomic E-state index is -1.08. The lowest BCUT2D eigenvalue weighted by Gasteiger charge is -1.99. The van der Waals surface area contributed by atoms with Crippen LogP contribution in [0.25, 0.3) is 0 Å². The Morgan fingerprint density at radius 1 is 1.28 bits per heavy atom. The van der Waals surface area contributed by atoms with E-state index in [2.05, 4.69) is 9.79 Å². The molecule has 6 heteroatoms. The summed E-state index contributed by atoms with van der Waals surface area (Å²) in [5, 5.41) is 2.48. The molecule has 2 rings (SSSR count). The number of rotatable bonds is 4. The second-order valence-corrected chi connectivity index (χ2v) is 5.65. The number of aromatic amines is 1. The number of H-pyrrole nitrogens is 1. The molecule has 18 heavy (non-hydrogen) atoms. The average molecular weight is 267 g/mol. The van der Waals surface area contributed by atoms with E-state index in [1.807, 2.05) is 31.2 Å². The van der Waals surface area contributed by atoms with Gasteiger partial charge in [-0.05, 0) is 24.3 Å². The fraction of sp³-hybridized carbons (Fsp3) is 0.333. The summed E-state index contributed by atoms with van der Waals surface area (Å²) in [6.45, 7) is 4.11. The number of hydrogen-bond acceptors (Lipinski definition) is 3. The van der Waals surface area contributed by atoms with Crippen LogP contribution in [-0.2, 0) is 17.3 Å². The zero-order valence-corrected chi connectivity index (χ0v) is 11.1. The molecule has 96 valence electrons. The molecule has 0 radical (unpaired) electrons. The highest BCUT2D eigenvalue weighted by molar-refractivity contribution is 7.85. The van der Waals surface area contributed by atoms with Crippen LogP contribution in [0.1, 0.15) is 11.3 Å². The molecule has 1 atom stereocenters. The Hall–Kier alpha value is -1.69. The topological polar surface area (TPSA) is 66.9 Å². The standard InChI is InChI=1S/C12H14N2O3S/c1-9-3-5-11(6-4-9)18(16)8-7-14-10(2)12(15)17-13-14/h3-6H,7-8H2,1-2H3/p+1. The first-order valence-electron chi connectivity index (χ1n) is 5.61. The van der Waals surface area contributed by atoms with E-state index in [1.54, 1.807) is 11.6 Å². The Kier molecular flexibility index (Phi) is 3.76. The summed E-state index contributed by atoms with van der Waals surface area (Å²) in [7, 11) is -1.08. The van der Waals surface area contributed by atoms with Crippen molar-refractivity contribution in [3.63, 3.8) is 0 Å². The third kappa shape index (κ3) is 2.76. The van der Waals surface area contributed by atoms with Crippen LogP contribution < -0.4 is 10.3 Å². The number of hydrogen-bond donors (Lipinski definition) is 1. The monoisotopic (exact) mass is 267 g/mol. The molecule has 1 aromatic heterocycles. The third-order valence-corrected chi connectivity index (χ3v) is 4.08. The summed E-state index contributed by atoms with van der Waals surface area (Å²) in [6, 6.07) is 7.60. The van der Waals surface area contributed by atoms with Crippen molar-refractivity contribution < 1.29 is 13.4 Å². The minimum absolute atomic E-state index is 0.392. The molecular weight excluding hydrogens is 252 g/mol. The van der Waals surface area contributed by atoms with Gasteiger partial charge < -0.3 is 0 Å². The molecule has 1 unspecified atom stereocenters. The Bertz CT molecular complexity index is 613. The zero-order valence-electron chi connectivity index (χ0n) is 10.3. The largest absolute Gasteiger partial charge is 0.429 e. The van der Waals surface area contributed by atoms with E-state index < -0.39 is 16.4 Å². The van der Waals surface area contributed by atoms with Gasteiger partial charge in [-0.2, -0.15) is 0 Å². The smallest absolute Gasteiger partial charge is 0.283 e. The SMILES string of the molecule is Cc1ccc(S(=O)CC[n+]2[nH]oc(=O)c2C)cc1. The lowest BCUT2D eigenvalue weighted by molar-refractivity contribution is -0.763. The highest BCUT2D eigenvalue weighted by atomic mass is 32.2. The zero-order chi connectivity index (χ0) is 13.1. The molecule has 0 aliphatic rings. The molecule has 0 aliphatic carbocycles. The van der Waals surface area contributed by atoms with Crippen LogP contribution in [-0.4, -0.2) is 15.2 Å². The second kappa shape index (κ2) is 5.30. The fourth-order valence-electron chi connectivity index (χ4n) is 1.54. The van der Waals surface area contributed by atoms with Crippen molar-refractivity contribution in [1.29, 1.82) is 0 Å². The summed E-state index contributed by atoms with van der Waals surface area (Å²) in [5.74, 6) is 0.435. The van der Waals surface area contributed by atoms with Crippen molar-refractivity contribution in [1.82, 2.24) is 5.27 Å². The number of aryl methyl sites for hydroxylation is 2. The van der Waals surface area contributed by atoms with Crippen LogP contribution in [0.15, 0.2) is 38.5 Å². The molecule has 0 aliphatic heterocycles. The molecule has 0 spiro atoms. The van der Waals surface area contributed by atoms with Gasteiger partial charge in [0.1, 0.15) is 0 Å². The average Bonchev–Trinajstić information content (AvgIpc) is 2.68. The molecule has 1 heterocycles. The quantitative estimate of drug-likeness (QED) is 0.828. The summed E-state index contributed by atoms with van der Waals surface area (Å²) >= 11 is 0. The van der Waals surface area contributed by atoms with E-state index in [9.17, 15) is 9.00 Å². The summed E-state index contributed by atoms with van der Waals surface area (Å²) < 4.78 is 18.2. The first-order chi connectivity index (χ1) is 8.58. The predicted molar refractivity (Wildman–Crippen MR) is 66.7 cm³/mol. The molecule has 1 aromatic carbocycles. The van der Waals surface area contributed by atoms with E-state index in [-0.39, 0.29) is 0 Å². The Morgan fingerprint density at radius 3 is 2.50 bits per heavy atom. The molecule has 2 aromatic rings. The number of aromatic nitrogens is 2. The van der Waals surface area contributed by atoms with Crippen molar-refractivity contribution in [2.75, 3.05) is 5.75 Å². The van der Waals surface area contributed by atoms with Crippen LogP contribution in [0, 0.1) is 13.8 Å². The van der Waals surface area contributed by atoms with Crippen molar-refractivity contribution in [2.45, 2.75) is 25.3 Å². The lowest BCUT2D eigenvalue weighted by atomic mass is 10.2. The first kappa shape index (κ1) is 12.8. The highest BCUT2D eigenvalue weighted by Crippen LogP contribution is 2.08. The summed E-state index contributed by atoms with van der Waals surface area (Å²) in [4.78, 5) is 11.9. The van der Waals surface area contributed by atoms with Crippen molar-refractivity contribution in [2.24, 2.45) is 0 Å². The number of benzene rings is 1. The van der Waals surface area contributed by atoms with Crippen molar-refractivity contribution in [3.05, 3.63) is 45.9 Å². The van der Waals surface area contributed by atoms with E-state index in [0.29, 0.717) is 18.0 Å². The fourth-order valence-corrected chi connectivity index (χ4v) is 2.57. The minimum Gasteiger partial charge on any atom is -0.283 e. The Morgan fingerprint density at radius 2 is 1.94 bits per heavy atom. The first-order valence-corrected chi connectivity index (χ1v) is 6.93. The van der Waals surface area contributed by atoms with E-state index >= 15 is 0 Å². The Balaban J connectivity index is 2.02. The predicted octanol–water partition coefficient (Wildman–Crippen LogP) is 0.680.